The molecule has 7 N–H and O–H groups in total. The average Bonchev–Trinajstić information content (AvgIpc) is 3.79. The van der Waals surface area contributed by atoms with E-state index in [0.29, 0.717) is 32.4 Å². The molecule has 64 heavy (non-hydrogen) atoms. The van der Waals surface area contributed by atoms with E-state index in [0.717, 1.165) is 18.2 Å². The van der Waals surface area contributed by atoms with Gasteiger partial charge >= 0.3 is 5.97 Å². The Morgan fingerprint density at radius 3 is 2.11 bits per heavy atom. The molecular formula is C34H30N10O15S5. The number of nitrogens with one attached hydrogen (secondary N) is 1. The van der Waals surface area contributed by atoms with E-state index >= 15 is 0 Å². The molecule has 6 rings (SSSR count). The number of hydrogen-bond donors (Lipinski definition) is 7. The van der Waals surface area contributed by atoms with Gasteiger partial charge in [-0.05, 0) is 68.5 Å². The second-order valence-corrected chi connectivity index (χ2v) is 19.4. The summed E-state index contributed by atoms with van der Waals surface area (Å²) in [7, 11) is -14.5. The number of azo groups is 3. The molecule has 0 aliphatic rings. The zero-order valence-electron chi connectivity index (χ0n) is 32.7. The van der Waals surface area contributed by atoms with Gasteiger partial charge in [-0.3, -0.25) is 23.6 Å². The molecule has 0 saturated carbocycles. The number of aromatic hydroxyl groups is 2. The van der Waals surface area contributed by atoms with Crippen LogP contribution in [-0.4, -0.2) is 98.8 Å². The van der Waals surface area contributed by atoms with Gasteiger partial charge < -0.3 is 20.1 Å². The zero-order chi connectivity index (χ0) is 46.9. The van der Waals surface area contributed by atoms with E-state index < -0.39 is 91.6 Å². The molecule has 336 valence electrons. The van der Waals surface area contributed by atoms with Crippen molar-refractivity contribution in [1.29, 1.82) is 0 Å². The van der Waals surface area contributed by atoms with Crippen molar-refractivity contribution in [3.8, 4) is 22.9 Å². The van der Waals surface area contributed by atoms with Gasteiger partial charge in [0.15, 0.2) is 21.5 Å². The van der Waals surface area contributed by atoms with Gasteiger partial charge in [0.25, 0.3) is 41.0 Å². The van der Waals surface area contributed by atoms with Crippen LogP contribution in [-0.2, 0) is 30.4 Å². The lowest BCUT2D eigenvalue weighted by Crippen LogP contribution is -2.16. The van der Waals surface area contributed by atoms with Crippen molar-refractivity contribution in [2.45, 2.75) is 34.4 Å². The molecule has 30 heteroatoms. The fourth-order valence-electron chi connectivity index (χ4n) is 5.69. The third-order valence-electron chi connectivity index (χ3n) is 8.63. The Hall–Kier alpha value is -6.54. The number of benzene rings is 4. The standard InChI is InChI=1S/C34H30N10O15S5/c1-15-11-24(26(59-9-4-10-62(50,51)52)14-23(15)37-40-33-41-42-34(60-3)61-33)38-35-21-7-6-19-18(28(21)45)5-8-22(30(19)64(56,57)58)36-39-27-16(2)43-44(31(27)47)25-13-17(63(53,54)55)12-20(29(25)46)32(48)49/h5-8,11-14,43,45-46H,4,9-10H2,1-3H3,(H,48,49)(H,50,51,52)(H,53,54,55)(H,56,57,58). The van der Waals surface area contributed by atoms with Gasteiger partial charge in [-0.15, -0.1) is 40.9 Å². The topological polar surface area (TPSA) is 388 Å². The van der Waals surface area contributed by atoms with E-state index in [9.17, 15) is 59.3 Å². The average molecular weight is 979 g/mol. The van der Waals surface area contributed by atoms with Crippen LogP contribution in [0.2, 0.25) is 0 Å². The lowest BCUT2D eigenvalue weighted by molar-refractivity contribution is 0.0693. The minimum atomic E-state index is -5.18. The Labute approximate surface area is 368 Å². The second-order valence-electron chi connectivity index (χ2n) is 13.0. The number of hydrogen-bond acceptors (Lipinski definition) is 21. The predicted molar refractivity (Wildman–Crippen MR) is 227 cm³/mol. The Balaban J connectivity index is 1.36. The highest BCUT2D eigenvalue weighted by Gasteiger charge is 2.26. The zero-order valence-corrected chi connectivity index (χ0v) is 36.7. The van der Waals surface area contributed by atoms with E-state index in [1.165, 1.54) is 48.2 Å². The van der Waals surface area contributed by atoms with Gasteiger partial charge in [-0.25, -0.2) is 9.48 Å². The number of thioether (sulfide) groups is 1. The third-order valence-corrected chi connectivity index (χ3v) is 13.0. The smallest absolute Gasteiger partial charge is 0.339 e. The van der Waals surface area contributed by atoms with Gasteiger partial charge in [0.2, 0.25) is 0 Å². The van der Waals surface area contributed by atoms with Gasteiger partial charge in [0, 0.05) is 16.8 Å². The summed E-state index contributed by atoms with van der Waals surface area (Å²) < 4.78 is 108. The minimum Gasteiger partial charge on any atom is -0.505 e. The number of phenolic OH excluding ortho intramolecular Hbond substituents is 1. The Morgan fingerprint density at radius 1 is 0.812 bits per heavy atom. The second kappa shape index (κ2) is 18.3. The molecule has 0 bridgehead atoms. The van der Waals surface area contributed by atoms with E-state index in [-0.39, 0.29) is 51.7 Å². The number of rotatable bonds is 16. The maximum absolute atomic E-state index is 13.4. The fourth-order valence-corrected chi connectivity index (χ4v) is 8.61. The molecule has 2 heterocycles. The first kappa shape index (κ1) is 47.0. The van der Waals surface area contributed by atoms with Crippen LogP contribution in [0.3, 0.4) is 0 Å². The van der Waals surface area contributed by atoms with Crippen LogP contribution in [0.4, 0.5) is 33.6 Å². The highest BCUT2D eigenvalue weighted by molar-refractivity contribution is 8.00. The number of aromatic nitrogens is 4. The SMILES string of the molecule is CSc1nnc(N=Nc2cc(OCCCS(=O)(=O)O)c(N=Nc3ccc4c(S(=O)(=O)O)c(N=Nc5c(C)[nH]n(-c6cc(S(=O)(=O)O)cc(C(=O)O)c6O)c5=O)ccc4c3O)cc2C)s1. The summed E-state index contributed by atoms with van der Waals surface area (Å²) in [6.45, 7) is 2.74. The van der Waals surface area contributed by atoms with Gasteiger partial charge in [0.1, 0.15) is 39.0 Å². The largest absolute Gasteiger partial charge is 0.505 e. The number of aromatic amines is 1. The van der Waals surface area contributed by atoms with Crippen molar-refractivity contribution < 1.29 is 63.8 Å². The number of carbonyl (C=O) groups is 1. The van der Waals surface area contributed by atoms with Crippen LogP contribution < -0.4 is 10.3 Å². The van der Waals surface area contributed by atoms with E-state index in [2.05, 4.69) is 46.0 Å². The maximum atomic E-state index is 13.4. The number of carboxylic acid groups (broad SMARTS) is 1. The number of aromatic carboxylic acids is 1. The summed E-state index contributed by atoms with van der Waals surface area (Å²) in [5.41, 5.74) is -3.38. The molecule has 6 aromatic rings. The van der Waals surface area contributed by atoms with Crippen molar-refractivity contribution in [3.05, 3.63) is 75.7 Å². The van der Waals surface area contributed by atoms with Crippen LogP contribution in [0.25, 0.3) is 16.5 Å². The van der Waals surface area contributed by atoms with Crippen molar-refractivity contribution in [2.75, 3.05) is 18.6 Å². The molecule has 25 nitrogen and oxygen atoms in total. The van der Waals surface area contributed by atoms with Crippen LogP contribution in [0.15, 0.2) is 98.1 Å². The van der Waals surface area contributed by atoms with Crippen LogP contribution in [0.5, 0.6) is 17.2 Å². The Bertz CT molecular complexity index is 3360. The molecule has 0 fully saturated rings. The first-order valence-corrected chi connectivity index (χ1v) is 24.0. The molecule has 0 amide bonds. The molecule has 2 aromatic heterocycles. The molecule has 0 aliphatic carbocycles. The summed E-state index contributed by atoms with van der Waals surface area (Å²) in [5.74, 6) is -4.05. The highest BCUT2D eigenvalue weighted by Crippen LogP contribution is 2.43. The van der Waals surface area contributed by atoms with Gasteiger partial charge in [-0.2, -0.15) is 25.3 Å². The fraction of sp³-hybridized carbons (Fsp3) is 0.176. The van der Waals surface area contributed by atoms with Crippen LogP contribution in [0, 0.1) is 13.8 Å². The number of H-pyrrole nitrogens is 1. The molecule has 0 aliphatic heterocycles. The summed E-state index contributed by atoms with van der Waals surface area (Å²) in [4.78, 5) is 23.3. The summed E-state index contributed by atoms with van der Waals surface area (Å²) in [5, 5.41) is 65.7. The maximum Gasteiger partial charge on any atom is 0.339 e. The lowest BCUT2D eigenvalue weighted by atomic mass is 10.1. The van der Waals surface area contributed by atoms with Gasteiger partial charge in [0.05, 0.1) is 28.6 Å². The first-order valence-electron chi connectivity index (χ1n) is 17.5. The molecule has 0 saturated heterocycles. The molecule has 0 spiro atoms. The van der Waals surface area contributed by atoms with Crippen LogP contribution >= 0.6 is 23.1 Å². The third kappa shape index (κ3) is 10.5. The summed E-state index contributed by atoms with van der Waals surface area (Å²) in [6, 6.07) is 8.53. The number of phenols is 2. The normalized spacial score (nSPS) is 12.7. The summed E-state index contributed by atoms with van der Waals surface area (Å²) in [6.07, 6.45) is 1.71. The number of fused-ring (bicyclic) bond motifs is 1. The van der Waals surface area contributed by atoms with E-state index in [4.69, 9.17) is 9.29 Å². The molecule has 0 unspecified atom stereocenters. The van der Waals surface area contributed by atoms with Crippen molar-refractivity contribution in [1.82, 2.24) is 20.0 Å². The van der Waals surface area contributed by atoms with E-state index in [1.54, 1.807) is 6.92 Å². The minimum absolute atomic E-state index is 0.0440. The number of ether oxygens (including phenoxy) is 1. The van der Waals surface area contributed by atoms with Gasteiger partial charge in [-0.1, -0.05) is 29.2 Å². The Morgan fingerprint density at radius 2 is 1.47 bits per heavy atom. The van der Waals surface area contributed by atoms with Crippen molar-refractivity contribution in [3.63, 3.8) is 0 Å². The first-order chi connectivity index (χ1) is 30.0. The predicted octanol–water partition coefficient (Wildman–Crippen LogP) is 7.01. The number of aryl methyl sites for hydroxylation is 2. The van der Waals surface area contributed by atoms with Crippen molar-refractivity contribution >= 4 is 104 Å². The Kier molecular flexibility index (Phi) is 13.4. The van der Waals surface area contributed by atoms with Crippen molar-refractivity contribution in [2.24, 2.45) is 30.7 Å². The molecule has 0 atom stereocenters. The molecular weight excluding hydrogens is 949 g/mol. The highest BCUT2D eigenvalue weighted by atomic mass is 32.2. The number of nitrogens with zero attached hydrogens (tertiary/aromatic N) is 9. The monoisotopic (exact) mass is 978 g/mol. The molecule has 0 radical (unpaired) electrons. The summed E-state index contributed by atoms with van der Waals surface area (Å²) >= 11 is 2.57. The quantitative estimate of drug-likeness (QED) is 0.0222. The molecule has 4 aromatic carbocycles. The lowest BCUT2D eigenvalue weighted by Gasteiger charge is -2.11. The van der Waals surface area contributed by atoms with Crippen LogP contribution in [0.1, 0.15) is 28.0 Å². The van der Waals surface area contributed by atoms with E-state index in [1.807, 2.05) is 6.26 Å². The number of carboxylic acids is 1.